The number of rotatable bonds is 7. The van der Waals surface area contributed by atoms with Crippen LogP contribution in [0.15, 0.2) is 84.0 Å². The van der Waals surface area contributed by atoms with E-state index in [2.05, 4.69) is 28.7 Å². The normalized spacial score (nSPS) is 11.7. The molecule has 0 spiro atoms. The lowest BCUT2D eigenvalue weighted by Gasteiger charge is -2.21. The summed E-state index contributed by atoms with van der Waals surface area (Å²) in [5, 5.41) is 7.04. The van der Waals surface area contributed by atoms with Crippen LogP contribution in [-0.2, 0) is 0 Å². The fraction of sp³-hybridized carbons (Fsp3) is 0.148. The number of hydrogen-bond acceptors (Lipinski definition) is 5. The van der Waals surface area contributed by atoms with Crippen LogP contribution in [0.2, 0.25) is 0 Å². The minimum atomic E-state index is -4.75. The van der Waals surface area contributed by atoms with Gasteiger partial charge in [-0.3, -0.25) is 0 Å². The van der Waals surface area contributed by atoms with Crippen LogP contribution in [0.5, 0.6) is 17.4 Å². The molecule has 0 aliphatic carbocycles. The first-order valence-corrected chi connectivity index (χ1v) is 11.7. The second-order valence-corrected chi connectivity index (χ2v) is 8.75. The highest BCUT2D eigenvalue weighted by Gasteiger charge is 2.31. The number of alkyl halides is 3. The summed E-state index contributed by atoms with van der Waals surface area (Å²) in [5.74, 6) is 0.549. The maximum Gasteiger partial charge on any atom is 0.573 e. The smallest absolute Gasteiger partial charge is 0.439 e. The summed E-state index contributed by atoms with van der Waals surface area (Å²) < 4.78 is 46.5. The van der Waals surface area contributed by atoms with Crippen molar-refractivity contribution in [1.82, 2.24) is 4.98 Å². The van der Waals surface area contributed by atoms with Crippen LogP contribution >= 0.6 is 12.2 Å². The van der Waals surface area contributed by atoms with Crippen molar-refractivity contribution in [3.05, 3.63) is 90.0 Å². The Morgan fingerprint density at radius 1 is 1.00 bits per heavy atom. The molecule has 0 bridgehead atoms. The van der Waals surface area contributed by atoms with Crippen LogP contribution in [-0.4, -0.2) is 22.7 Å². The Labute approximate surface area is 217 Å². The second kappa shape index (κ2) is 10.8. The first-order chi connectivity index (χ1) is 17.6. The quantitative estimate of drug-likeness (QED) is 0.157. The largest absolute Gasteiger partial charge is 0.573 e. The van der Waals surface area contributed by atoms with Crippen molar-refractivity contribution >= 4 is 40.1 Å². The number of nitrogens with zero attached hydrogens (tertiary/aromatic N) is 3. The Hall–Kier alpha value is -4.18. The molecule has 10 heteroatoms. The van der Waals surface area contributed by atoms with E-state index in [0.717, 1.165) is 22.2 Å². The Balaban J connectivity index is 1.51. The van der Waals surface area contributed by atoms with Crippen molar-refractivity contribution < 1.29 is 22.6 Å². The molecule has 4 rings (SSSR count). The molecule has 0 aliphatic heterocycles. The molecule has 190 valence electrons. The lowest BCUT2D eigenvalue weighted by molar-refractivity contribution is -0.274. The third-order valence-corrected chi connectivity index (χ3v) is 5.46. The van der Waals surface area contributed by atoms with Gasteiger partial charge in [0.1, 0.15) is 11.5 Å². The Bertz CT molecular complexity index is 1440. The van der Waals surface area contributed by atoms with Gasteiger partial charge >= 0.3 is 6.36 Å². The third kappa shape index (κ3) is 6.73. The van der Waals surface area contributed by atoms with Crippen molar-refractivity contribution in [2.45, 2.75) is 26.1 Å². The zero-order chi connectivity index (χ0) is 26.6. The van der Waals surface area contributed by atoms with Gasteiger partial charge in [-0.25, -0.2) is 9.99 Å². The van der Waals surface area contributed by atoms with E-state index in [0.29, 0.717) is 17.1 Å². The molecule has 0 aliphatic rings. The van der Waals surface area contributed by atoms with Crippen LogP contribution in [0.3, 0.4) is 0 Å². The highest BCUT2D eigenvalue weighted by atomic mass is 32.1. The molecule has 4 aromatic rings. The van der Waals surface area contributed by atoms with Gasteiger partial charge in [0, 0.05) is 11.5 Å². The number of anilines is 1. The van der Waals surface area contributed by atoms with E-state index in [9.17, 15) is 13.2 Å². The molecule has 0 amide bonds. The first kappa shape index (κ1) is 25.9. The standard InChI is InChI=1S/C27H23F3N4O2S/c1-17(2)22-5-3-4-6-24(22)34(26(31)37)32-16-18-7-13-23-19(15-18)8-14-25(33-23)35-20-9-11-21(12-10-20)36-27(28,29)30/h3-17H,1-2H3,(H2,31,37)/b32-16-. The minimum Gasteiger partial charge on any atom is -0.439 e. The molecule has 0 atom stereocenters. The van der Waals surface area contributed by atoms with Crippen LogP contribution in [0.4, 0.5) is 18.9 Å². The average Bonchev–Trinajstić information content (AvgIpc) is 2.84. The minimum absolute atomic E-state index is 0.131. The van der Waals surface area contributed by atoms with E-state index < -0.39 is 6.36 Å². The number of para-hydroxylation sites is 1. The van der Waals surface area contributed by atoms with Crippen LogP contribution < -0.4 is 20.2 Å². The van der Waals surface area contributed by atoms with E-state index in [1.54, 1.807) is 12.3 Å². The number of thiocarbonyl (C=S) groups is 1. The average molecular weight is 525 g/mol. The van der Waals surface area contributed by atoms with Gasteiger partial charge in [0.2, 0.25) is 5.88 Å². The zero-order valence-electron chi connectivity index (χ0n) is 19.9. The third-order valence-electron chi connectivity index (χ3n) is 5.29. The van der Waals surface area contributed by atoms with Crippen LogP contribution in [0.25, 0.3) is 10.9 Å². The number of benzene rings is 3. The highest BCUT2D eigenvalue weighted by molar-refractivity contribution is 7.80. The zero-order valence-corrected chi connectivity index (χ0v) is 20.8. The summed E-state index contributed by atoms with van der Waals surface area (Å²) in [6.45, 7) is 4.18. The lowest BCUT2D eigenvalue weighted by Crippen LogP contribution is -2.31. The molecular formula is C27H23F3N4O2S. The van der Waals surface area contributed by atoms with Gasteiger partial charge in [-0.05, 0) is 77.8 Å². The number of aromatic nitrogens is 1. The lowest BCUT2D eigenvalue weighted by atomic mass is 10.0. The fourth-order valence-electron chi connectivity index (χ4n) is 3.62. The molecule has 6 nitrogen and oxygen atoms in total. The summed E-state index contributed by atoms with van der Waals surface area (Å²) in [6.07, 6.45) is -3.08. The van der Waals surface area contributed by atoms with E-state index in [1.807, 2.05) is 48.5 Å². The molecule has 3 aromatic carbocycles. The van der Waals surface area contributed by atoms with E-state index in [-0.39, 0.29) is 16.8 Å². The van der Waals surface area contributed by atoms with Crippen molar-refractivity contribution in [1.29, 1.82) is 0 Å². The predicted octanol–water partition coefficient (Wildman–Crippen LogP) is 7.13. The number of pyridine rings is 1. The van der Waals surface area contributed by atoms with E-state index in [1.165, 1.54) is 29.3 Å². The van der Waals surface area contributed by atoms with Crippen molar-refractivity contribution in [3.8, 4) is 17.4 Å². The topological polar surface area (TPSA) is 73.0 Å². The molecule has 0 unspecified atom stereocenters. The van der Waals surface area contributed by atoms with Crippen LogP contribution in [0, 0.1) is 0 Å². The molecule has 2 N–H and O–H groups in total. The van der Waals surface area contributed by atoms with E-state index in [4.69, 9.17) is 22.7 Å². The Morgan fingerprint density at radius 3 is 2.38 bits per heavy atom. The number of nitrogens with two attached hydrogens (primary N) is 1. The fourth-order valence-corrected chi connectivity index (χ4v) is 3.77. The first-order valence-electron chi connectivity index (χ1n) is 11.3. The van der Waals surface area contributed by atoms with Gasteiger partial charge in [0.15, 0.2) is 5.11 Å². The van der Waals surface area contributed by atoms with Gasteiger partial charge in [-0.15, -0.1) is 13.2 Å². The van der Waals surface area contributed by atoms with Crippen LogP contribution in [0.1, 0.15) is 30.9 Å². The molecule has 1 aromatic heterocycles. The molecule has 0 fully saturated rings. The number of hydrogen-bond donors (Lipinski definition) is 1. The summed E-state index contributed by atoms with van der Waals surface area (Å²) >= 11 is 5.24. The summed E-state index contributed by atoms with van der Waals surface area (Å²) in [4.78, 5) is 4.47. The maximum absolute atomic E-state index is 12.3. The number of halogens is 3. The van der Waals surface area contributed by atoms with Crippen molar-refractivity contribution in [3.63, 3.8) is 0 Å². The summed E-state index contributed by atoms with van der Waals surface area (Å²) in [7, 11) is 0. The SMILES string of the molecule is CC(C)c1ccccc1N(/N=C\c1ccc2nc(Oc3ccc(OC(F)(F)F)cc3)ccc2c1)C(N)=S. The monoisotopic (exact) mass is 524 g/mol. The Kier molecular flexibility index (Phi) is 7.58. The summed E-state index contributed by atoms with van der Waals surface area (Å²) in [6, 6.07) is 22.0. The van der Waals surface area contributed by atoms with Gasteiger partial charge in [-0.2, -0.15) is 5.10 Å². The van der Waals surface area contributed by atoms with Gasteiger partial charge in [0.05, 0.1) is 17.4 Å². The van der Waals surface area contributed by atoms with Crippen molar-refractivity contribution in [2.75, 3.05) is 5.01 Å². The molecule has 0 radical (unpaired) electrons. The molecular weight excluding hydrogens is 501 g/mol. The van der Waals surface area contributed by atoms with Crippen molar-refractivity contribution in [2.24, 2.45) is 10.8 Å². The molecule has 37 heavy (non-hydrogen) atoms. The molecule has 0 saturated carbocycles. The highest BCUT2D eigenvalue weighted by Crippen LogP contribution is 2.29. The second-order valence-electron chi connectivity index (χ2n) is 8.33. The number of fused-ring (bicyclic) bond motifs is 1. The number of ether oxygens (including phenoxy) is 2. The Morgan fingerprint density at radius 2 is 1.70 bits per heavy atom. The molecule has 0 saturated heterocycles. The van der Waals surface area contributed by atoms with Gasteiger partial charge in [0.25, 0.3) is 0 Å². The molecule has 1 heterocycles. The van der Waals surface area contributed by atoms with Gasteiger partial charge in [-0.1, -0.05) is 38.1 Å². The maximum atomic E-state index is 12.3. The predicted molar refractivity (Wildman–Crippen MR) is 142 cm³/mol. The van der Waals surface area contributed by atoms with Gasteiger partial charge < -0.3 is 15.2 Å². The van der Waals surface area contributed by atoms with E-state index >= 15 is 0 Å². The summed E-state index contributed by atoms with van der Waals surface area (Å²) in [5.41, 5.74) is 9.35. The number of hydrazone groups is 1.